The van der Waals surface area contributed by atoms with Gasteiger partial charge in [-0.15, -0.1) is 0 Å². The molecule has 0 saturated carbocycles. The Balaban J connectivity index is 1.99. The number of nitrogens with zero attached hydrogens (tertiary/aromatic N) is 2. The second-order valence-electron chi connectivity index (χ2n) is 6.41. The molecule has 0 aliphatic heterocycles. The van der Waals surface area contributed by atoms with Crippen LogP contribution in [-0.4, -0.2) is 28.2 Å². The number of rotatable bonds is 7. The van der Waals surface area contributed by atoms with Crippen molar-refractivity contribution in [3.63, 3.8) is 0 Å². The molecule has 1 aromatic heterocycles. The Morgan fingerprint density at radius 2 is 1.63 bits per heavy atom. The minimum atomic E-state index is -1.13. The van der Waals surface area contributed by atoms with Gasteiger partial charge < -0.3 is 19.3 Å². The molecule has 0 atom stereocenters. The first-order chi connectivity index (χ1) is 14.4. The number of aromatic nitrogens is 2. The quantitative estimate of drug-likeness (QED) is 0.541. The summed E-state index contributed by atoms with van der Waals surface area (Å²) in [4.78, 5) is 20.2. The number of carbonyl (C=O) groups is 1. The summed E-state index contributed by atoms with van der Waals surface area (Å²) in [5.74, 6) is 1.21. The van der Waals surface area contributed by atoms with Gasteiger partial charge in [-0.3, -0.25) is 0 Å². The van der Waals surface area contributed by atoms with Crippen molar-refractivity contribution in [2.75, 3.05) is 7.11 Å². The van der Waals surface area contributed by atoms with Gasteiger partial charge in [0.15, 0.2) is 0 Å². The Morgan fingerprint density at radius 3 is 2.27 bits per heavy atom. The van der Waals surface area contributed by atoms with E-state index in [1.807, 2.05) is 31.2 Å². The van der Waals surface area contributed by atoms with Crippen LogP contribution in [0, 0.1) is 13.8 Å². The maximum absolute atomic E-state index is 11.7. The highest BCUT2D eigenvalue weighted by atomic mass is 16.5. The number of carboxylic acids is 1. The summed E-state index contributed by atoms with van der Waals surface area (Å²) in [7, 11) is 1.42. The summed E-state index contributed by atoms with van der Waals surface area (Å²) in [6.07, 6.45) is 1.45. The number of hydrogen-bond donors (Lipinski definition) is 1. The van der Waals surface area contributed by atoms with E-state index in [-0.39, 0.29) is 22.9 Å². The molecule has 0 amide bonds. The largest absolute Gasteiger partial charge is 0.480 e. The molecule has 0 saturated heterocycles. The molecule has 0 fully saturated rings. The summed E-state index contributed by atoms with van der Waals surface area (Å²) < 4.78 is 17.2. The standard InChI is InChI=1S/C23H22N2O5/c1-5-18(23(26)27)20-21(28-4)24-15(3)25-22(20)30-17-11-8-10-16(13-17)29-19-12-7-6-9-14(19)2/h5-13H,1-4H3,(H,26,27). The molecular weight excluding hydrogens is 384 g/mol. The van der Waals surface area contributed by atoms with Gasteiger partial charge in [0.05, 0.1) is 12.7 Å². The van der Waals surface area contributed by atoms with Gasteiger partial charge in [-0.25, -0.2) is 4.79 Å². The van der Waals surface area contributed by atoms with Crippen molar-refractivity contribution in [2.45, 2.75) is 20.8 Å². The monoisotopic (exact) mass is 406 g/mol. The Bertz CT molecular complexity index is 1110. The van der Waals surface area contributed by atoms with Gasteiger partial charge in [0.1, 0.15) is 28.6 Å². The first-order valence-corrected chi connectivity index (χ1v) is 9.27. The number of hydrogen-bond acceptors (Lipinski definition) is 6. The predicted octanol–water partition coefficient (Wildman–Crippen LogP) is 5.17. The molecule has 0 radical (unpaired) electrons. The fraction of sp³-hybridized carbons (Fsp3) is 0.174. The van der Waals surface area contributed by atoms with E-state index in [0.717, 1.165) is 11.3 Å². The van der Waals surface area contributed by atoms with E-state index in [1.54, 1.807) is 38.1 Å². The molecule has 154 valence electrons. The number of ether oxygens (including phenoxy) is 3. The summed E-state index contributed by atoms with van der Waals surface area (Å²) in [6, 6.07) is 14.7. The van der Waals surface area contributed by atoms with Crippen molar-refractivity contribution in [3.8, 4) is 29.0 Å². The molecule has 0 aliphatic carbocycles. The van der Waals surface area contributed by atoms with Gasteiger partial charge in [-0.1, -0.05) is 30.3 Å². The van der Waals surface area contributed by atoms with Crippen LogP contribution in [0.1, 0.15) is 23.9 Å². The summed E-state index contributed by atoms with van der Waals surface area (Å²) in [5, 5.41) is 9.59. The van der Waals surface area contributed by atoms with Crippen LogP contribution in [-0.2, 0) is 4.79 Å². The molecule has 0 spiro atoms. The third kappa shape index (κ3) is 4.57. The SMILES string of the molecule is CC=C(C(=O)O)c1c(OC)nc(C)nc1Oc1cccc(Oc2ccccc2C)c1. The summed E-state index contributed by atoms with van der Waals surface area (Å²) in [6.45, 7) is 5.25. The number of carboxylic acid groups (broad SMARTS) is 1. The molecule has 1 heterocycles. The van der Waals surface area contributed by atoms with Crippen molar-refractivity contribution in [1.82, 2.24) is 9.97 Å². The normalized spacial score (nSPS) is 11.1. The highest BCUT2D eigenvalue weighted by Gasteiger charge is 2.24. The Hall–Kier alpha value is -3.87. The number of para-hydroxylation sites is 1. The maximum Gasteiger partial charge on any atom is 0.336 e. The lowest BCUT2D eigenvalue weighted by Gasteiger charge is -2.15. The first kappa shape index (κ1) is 20.9. The Morgan fingerprint density at radius 1 is 0.967 bits per heavy atom. The van der Waals surface area contributed by atoms with E-state index in [0.29, 0.717) is 17.3 Å². The molecule has 0 aliphatic rings. The van der Waals surface area contributed by atoms with Crippen molar-refractivity contribution in [1.29, 1.82) is 0 Å². The van der Waals surface area contributed by atoms with Crippen LogP contribution in [0.25, 0.3) is 5.57 Å². The van der Waals surface area contributed by atoms with Crippen molar-refractivity contribution in [2.24, 2.45) is 0 Å². The molecule has 0 unspecified atom stereocenters. The molecule has 30 heavy (non-hydrogen) atoms. The summed E-state index contributed by atoms with van der Waals surface area (Å²) in [5.41, 5.74) is 1.15. The van der Waals surface area contributed by atoms with Crippen LogP contribution in [0.4, 0.5) is 0 Å². The number of allylic oxidation sites excluding steroid dienone is 1. The number of methoxy groups -OCH3 is 1. The predicted molar refractivity (Wildman–Crippen MR) is 112 cm³/mol. The highest BCUT2D eigenvalue weighted by molar-refractivity contribution is 6.16. The summed E-state index contributed by atoms with van der Waals surface area (Å²) >= 11 is 0. The second-order valence-corrected chi connectivity index (χ2v) is 6.41. The van der Waals surface area contributed by atoms with Gasteiger partial charge in [-0.05, 0) is 44.5 Å². The van der Waals surface area contributed by atoms with E-state index in [2.05, 4.69) is 9.97 Å². The van der Waals surface area contributed by atoms with Crippen LogP contribution in [0.3, 0.4) is 0 Å². The third-order valence-electron chi connectivity index (χ3n) is 4.28. The average molecular weight is 406 g/mol. The van der Waals surface area contributed by atoms with Crippen LogP contribution >= 0.6 is 0 Å². The van der Waals surface area contributed by atoms with E-state index in [1.165, 1.54) is 13.2 Å². The molecule has 0 bridgehead atoms. The molecule has 7 heteroatoms. The fourth-order valence-electron chi connectivity index (χ4n) is 2.86. The Kier molecular flexibility index (Phi) is 6.32. The number of aryl methyl sites for hydroxylation is 2. The van der Waals surface area contributed by atoms with Gasteiger partial charge in [-0.2, -0.15) is 9.97 Å². The van der Waals surface area contributed by atoms with Crippen molar-refractivity contribution in [3.05, 3.63) is 71.6 Å². The van der Waals surface area contributed by atoms with Gasteiger partial charge >= 0.3 is 5.97 Å². The maximum atomic E-state index is 11.7. The third-order valence-corrected chi connectivity index (χ3v) is 4.28. The van der Waals surface area contributed by atoms with Crippen LogP contribution in [0.15, 0.2) is 54.6 Å². The van der Waals surface area contributed by atoms with E-state index in [9.17, 15) is 9.90 Å². The van der Waals surface area contributed by atoms with Gasteiger partial charge in [0.25, 0.3) is 0 Å². The lowest BCUT2D eigenvalue weighted by Crippen LogP contribution is -2.08. The zero-order chi connectivity index (χ0) is 21.7. The minimum absolute atomic E-state index is 0.0193. The molecule has 3 rings (SSSR count). The molecular formula is C23H22N2O5. The van der Waals surface area contributed by atoms with E-state index < -0.39 is 5.97 Å². The van der Waals surface area contributed by atoms with Gasteiger partial charge in [0.2, 0.25) is 11.8 Å². The number of aliphatic carboxylic acids is 1. The van der Waals surface area contributed by atoms with Crippen LogP contribution < -0.4 is 14.2 Å². The zero-order valence-electron chi connectivity index (χ0n) is 17.2. The van der Waals surface area contributed by atoms with Gasteiger partial charge in [0, 0.05) is 6.07 Å². The lowest BCUT2D eigenvalue weighted by molar-refractivity contribution is -0.130. The molecule has 3 aromatic rings. The molecule has 1 N–H and O–H groups in total. The van der Waals surface area contributed by atoms with Crippen LogP contribution in [0.5, 0.6) is 29.0 Å². The Labute approximate surface area is 174 Å². The minimum Gasteiger partial charge on any atom is -0.480 e. The number of benzene rings is 2. The highest BCUT2D eigenvalue weighted by Crippen LogP contribution is 2.36. The fourth-order valence-corrected chi connectivity index (χ4v) is 2.86. The van der Waals surface area contributed by atoms with Crippen LogP contribution in [0.2, 0.25) is 0 Å². The molecule has 7 nitrogen and oxygen atoms in total. The van der Waals surface area contributed by atoms with E-state index >= 15 is 0 Å². The topological polar surface area (TPSA) is 90.8 Å². The van der Waals surface area contributed by atoms with E-state index in [4.69, 9.17) is 14.2 Å². The first-order valence-electron chi connectivity index (χ1n) is 9.27. The smallest absolute Gasteiger partial charge is 0.336 e. The van der Waals surface area contributed by atoms with Crippen molar-refractivity contribution < 1.29 is 24.1 Å². The lowest BCUT2D eigenvalue weighted by atomic mass is 10.1. The molecule has 2 aromatic carbocycles. The zero-order valence-corrected chi connectivity index (χ0v) is 17.2. The second kappa shape index (κ2) is 9.09. The van der Waals surface area contributed by atoms with Crippen molar-refractivity contribution >= 4 is 11.5 Å². The average Bonchev–Trinajstić information content (AvgIpc) is 2.71.